The van der Waals surface area contributed by atoms with E-state index < -0.39 is 15.4 Å². The number of ether oxygens (including phenoxy) is 1. The van der Waals surface area contributed by atoms with Crippen LogP contribution in [-0.4, -0.2) is 44.2 Å². The van der Waals surface area contributed by atoms with E-state index in [1.807, 2.05) is 12.1 Å². The van der Waals surface area contributed by atoms with Crippen LogP contribution in [0.4, 0.5) is 10.5 Å². The van der Waals surface area contributed by atoms with Crippen LogP contribution < -0.4 is 10.6 Å². The van der Waals surface area contributed by atoms with Crippen LogP contribution in [0.1, 0.15) is 51.0 Å². The Labute approximate surface area is 162 Å². The topological polar surface area (TPSA) is 84.5 Å². The second kappa shape index (κ2) is 8.61. The monoisotopic (exact) mass is 394 g/mol. The molecule has 1 spiro atoms. The van der Waals surface area contributed by atoms with Crippen molar-refractivity contribution in [2.45, 2.75) is 63.5 Å². The summed E-state index contributed by atoms with van der Waals surface area (Å²) in [6, 6.07) is 7.64. The molecule has 1 aromatic rings. The summed E-state index contributed by atoms with van der Waals surface area (Å²) in [5, 5.41) is 5.85. The molecule has 2 atom stereocenters. The summed E-state index contributed by atoms with van der Waals surface area (Å²) in [6.07, 6.45) is 6.46. The van der Waals surface area contributed by atoms with Crippen molar-refractivity contribution in [1.29, 1.82) is 0 Å². The lowest BCUT2D eigenvalue weighted by molar-refractivity contribution is -0.0685. The largest absolute Gasteiger partial charge is 0.374 e. The maximum absolute atomic E-state index is 12.3. The third kappa shape index (κ3) is 5.69. The smallest absolute Gasteiger partial charge is 0.319 e. The molecule has 150 valence electrons. The van der Waals surface area contributed by atoms with Crippen LogP contribution in [0.15, 0.2) is 24.3 Å². The van der Waals surface area contributed by atoms with Gasteiger partial charge in [-0.15, -0.1) is 0 Å². The van der Waals surface area contributed by atoms with Gasteiger partial charge >= 0.3 is 6.03 Å². The predicted molar refractivity (Wildman–Crippen MR) is 107 cm³/mol. The summed E-state index contributed by atoms with van der Waals surface area (Å²) in [5.74, 6) is 0.246. The molecule has 2 N–H and O–H groups in total. The van der Waals surface area contributed by atoms with Crippen LogP contribution in [0, 0.1) is 0 Å². The van der Waals surface area contributed by atoms with Crippen LogP contribution in [-0.2, 0) is 21.0 Å². The Morgan fingerprint density at radius 3 is 2.70 bits per heavy atom. The molecule has 2 heterocycles. The minimum Gasteiger partial charge on any atom is -0.374 e. The molecule has 2 amide bonds. The molecule has 6 nitrogen and oxygen atoms in total. The molecule has 0 bridgehead atoms. The molecule has 2 aliphatic heterocycles. The molecule has 2 saturated heterocycles. The number of hydrogen-bond donors (Lipinski definition) is 2. The highest BCUT2D eigenvalue weighted by atomic mass is 32.2. The third-order valence-electron chi connectivity index (χ3n) is 5.46. The number of anilines is 1. The van der Waals surface area contributed by atoms with Crippen molar-refractivity contribution in [3.63, 3.8) is 0 Å². The Morgan fingerprint density at radius 1 is 1.26 bits per heavy atom. The number of amides is 2. The normalized spacial score (nSPS) is 26.8. The molecule has 3 rings (SSSR count). The van der Waals surface area contributed by atoms with Gasteiger partial charge in [0, 0.05) is 18.3 Å². The fourth-order valence-electron chi connectivity index (χ4n) is 4.00. The highest BCUT2D eigenvalue weighted by Gasteiger charge is 2.46. The molecule has 2 fully saturated rings. The van der Waals surface area contributed by atoms with Gasteiger partial charge in [-0.25, -0.2) is 13.2 Å². The van der Waals surface area contributed by atoms with Gasteiger partial charge in [-0.2, -0.15) is 0 Å². The lowest BCUT2D eigenvalue weighted by atomic mass is 9.90. The fourth-order valence-corrected chi connectivity index (χ4v) is 5.97. The van der Waals surface area contributed by atoms with Crippen LogP contribution in [0.5, 0.6) is 0 Å². The Bertz CT molecular complexity index is 748. The highest BCUT2D eigenvalue weighted by Crippen LogP contribution is 2.35. The van der Waals surface area contributed by atoms with Crippen molar-refractivity contribution in [2.24, 2.45) is 0 Å². The first kappa shape index (κ1) is 20.1. The maximum atomic E-state index is 12.3. The van der Waals surface area contributed by atoms with E-state index in [-0.39, 0.29) is 23.6 Å². The first-order chi connectivity index (χ1) is 12.9. The number of unbranched alkanes of at least 4 members (excludes halogenated alkanes) is 2. The molecular weight excluding hydrogens is 364 g/mol. The lowest BCUT2D eigenvalue weighted by Crippen LogP contribution is -2.50. The molecule has 1 aromatic carbocycles. The van der Waals surface area contributed by atoms with Crippen molar-refractivity contribution in [2.75, 3.05) is 23.4 Å². The lowest BCUT2D eigenvalue weighted by Gasteiger charge is -2.37. The van der Waals surface area contributed by atoms with Gasteiger partial charge in [0.1, 0.15) is 0 Å². The zero-order chi connectivity index (χ0) is 19.3. The zero-order valence-corrected chi connectivity index (χ0v) is 16.8. The van der Waals surface area contributed by atoms with E-state index in [1.54, 1.807) is 0 Å². The molecule has 0 radical (unpaired) electrons. The number of sulfone groups is 1. The predicted octanol–water partition coefficient (Wildman–Crippen LogP) is 3.28. The Balaban J connectivity index is 1.49. The number of nitrogens with one attached hydrogen (secondary N) is 2. The second-order valence-corrected chi connectivity index (χ2v) is 10.00. The fraction of sp³-hybridized carbons (Fsp3) is 0.650. The zero-order valence-electron chi connectivity index (χ0n) is 16.0. The standard InChI is InChI=1S/C20H30N2O4S/c1-2-3-4-5-16-6-8-17(9-7-16)21-19(23)22-18-10-12-26-20(14-18)11-13-27(24,25)15-20/h6-9,18H,2-5,10-15H2,1H3,(H2,21,22,23)/t18-,20-/m0/s1. The highest BCUT2D eigenvalue weighted by molar-refractivity contribution is 7.91. The second-order valence-electron chi connectivity index (χ2n) is 7.82. The number of carbonyl (C=O) groups is 1. The van der Waals surface area contributed by atoms with Gasteiger partial charge in [0.15, 0.2) is 9.84 Å². The van der Waals surface area contributed by atoms with Crippen LogP contribution in [0.25, 0.3) is 0 Å². The van der Waals surface area contributed by atoms with Gasteiger partial charge in [-0.3, -0.25) is 0 Å². The van der Waals surface area contributed by atoms with Gasteiger partial charge in [-0.05, 0) is 49.8 Å². The van der Waals surface area contributed by atoms with Crippen LogP contribution in [0.3, 0.4) is 0 Å². The first-order valence-corrected chi connectivity index (χ1v) is 11.7. The van der Waals surface area contributed by atoms with Gasteiger partial charge in [-0.1, -0.05) is 31.9 Å². The van der Waals surface area contributed by atoms with E-state index in [0.29, 0.717) is 25.9 Å². The average molecular weight is 395 g/mol. The maximum Gasteiger partial charge on any atom is 0.319 e. The third-order valence-corrected chi connectivity index (χ3v) is 7.25. The van der Waals surface area contributed by atoms with E-state index >= 15 is 0 Å². The molecule has 0 saturated carbocycles. The first-order valence-electron chi connectivity index (χ1n) is 9.91. The quantitative estimate of drug-likeness (QED) is 0.725. The summed E-state index contributed by atoms with van der Waals surface area (Å²) in [4.78, 5) is 12.3. The van der Waals surface area contributed by atoms with E-state index in [9.17, 15) is 13.2 Å². The van der Waals surface area contributed by atoms with Gasteiger partial charge < -0.3 is 15.4 Å². The minimum atomic E-state index is -3.02. The molecular formula is C20H30N2O4S. The molecule has 0 aromatic heterocycles. The molecule has 2 aliphatic rings. The average Bonchev–Trinajstić information content (AvgIpc) is 2.90. The van der Waals surface area contributed by atoms with Crippen molar-refractivity contribution < 1.29 is 17.9 Å². The van der Waals surface area contributed by atoms with Gasteiger partial charge in [0.25, 0.3) is 0 Å². The van der Waals surface area contributed by atoms with Crippen molar-refractivity contribution >= 4 is 21.6 Å². The van der Waals surface area contributed by atoms with E-state index in [0.717, 1.165) is 12.1 Å². The summed E-state index contributed by atoms with van der Waals surface area (Å²) < 4.78 is 29.4. The minimum absolute atomic E-state index is 0.0687. The number of aryl methyl sites for hydroxylation is 1. The number of carbonyl (C=O) groups excluding carboxylic acids is 1. The molecule has 0 unspecified atom stereocenters. The van der Waals surface area contributed by atoms with Crippen molar-refractivity contribution in [3.05, 3.63) is 29.8 Å². The summed E-state index contributed by atoms with van der Waals surface area (Å²) in [5.41, 5.74) is 1.43. The Kier molecular flexibility index (Phi) is 6.42. The van der Waals surface area contributed by atoms with E-state index in [1.165, 1.54) is 24.8 Å². The van der Waals surface area contributed by atoms with Crippen molar-refractivity contribution in [3.8, 4) is 0 Å². The number of hydrogen-bond acceptors (Lipinski definition) is 4. The molecule has 7 heteroatoms. The van der Waals surface area contributed by atoms with E-state index in [4.69, 9.17) is 4.74 Å². The number of rotatable bonds is 6. The van der Waals surface area contributed by atoms with Gasteiger partial charge in [0.2, 0.25) is 0 Å². The number of urea groups is 1. The van der Waals surface area contributed by atoms with Crippen LogP contribution >= 0.6 is 0 Å². The molecule has 0 aliphatic carbocycles. The summed E-state index contributed by atoms with van der Waals surface area (Å²) >= 11 is 0. The molecule has 27 heavy (non-hydrogen) atoms. The van der Waals surface area contributed by atoms with Gasteiger partial charge in [0.05, 0.1) is 17.1 Å². The van der Waals surface area contributed by atoms with Crippen LogP contribution in [0.2, 0.25) is 0 Å². The summed E-state index contributed by atoms with van der Waals surface area (Å²) in [7, 11) is -3.02. The Morgan fingerprint density at radius 2 is 2.04 bits per heavy atom. The van der Waals surface area contributed by atoms with Crippen molar-refractivity contribution in [1.82, 2.24) is 5.32 Å². The van der Waals surface area contributed by atoms with E-state index in [2.05, 4.69) is 29.7 Å². The Hall–Kier alpha value is -1.60. The summed E-state index contributed by atoms with van der Waals surface area (Å²) in [6.45, 7) is 2.67. The SMILES string of the molecule is CCCCCc1ccc(NC(=O)N[C@H]2CCO[C@@]3(CCS(=O)(=O)C3)C2)cc1. The number of benzene rings is 1.